The summed E-state index contributed by atoms with van der Waals surface area (Å²) in [5.41, 5.74) is 0. The van der Waals surface area contributed by atoms with Gasteiger partial charge in [0.15, 0.2) is 0 Å². The summed E-state index contributed by atoms with van der Waals surface area (Å²) in [4.78, 5) is 0. The molecule has 0 heterocycles. The summed E-state index contributed by atoms with van der Waals surface area (Å²) in [5, 5.41) is 3.81. The highest BCUT2D eigenvalue weighted by Gasteiger charge is 2.30. The maximum absolute atomic E-state index is 3.81. The lowest BCUT2D eigenvalue weighted by Crippen LogP contribution is -2.48. The van der Waals surface area contributed by atoms with Crippen molar-refractivity contribution in [3.8, 4) is 0 Å². The van der Waals surface area contributed by atoms with E-state index >= 15 is 0 Å². The van der Waals surface area contributed by atoms with Gasteiger partial charge in [0.05, 0.1) is 0 Å². The van der Waals surface area contributed by atoms with Crippen LogP contribution >= 0.6 is 0 Å². The quantitative estimate of drug-likeness (QED) is 0.706. The van der Waals surface area contributed by atoms with Gasteiger partial charge in [0.1, 0.15) is 0 Å². The molecule has 2 fully saturated rings. The predicted octanol–water partition coefficient (Wildman–Crippen LogP) is 2.95. The van der Waals surface area contributed by atoms with Crippen LogP contribution in [0.3, 0.4) is 0 Å². The Kier molecular flexibility index (Phi) is 2.92. The van der Waals surface area contributed by atoms with Gasteiger partial charge < -0.3 is 5.32 Å². The van der Waals surface area contributed by atoms with Gasteiger partial charge in [0, 0.05) is 12.1 Å². The summed E-state index contributed by atoms with van der Waals surface area (Å²) in [6.45, 7) is 4.77. The molecule has 1 nitrogen and oxygen atoms in total. The van der Waals surface area contributed by atoms with E-state index in [1.165, 1.54) is 38.5 Å². The molecule has 13 heavy (non-hydrogen) atoms. The molecule has 0 aromatic rings. The summed E-state index contributed by atoms with van der Waals surface area (Å²) in [6.07, 6.45) is 8.73. The first-order chi connectivity index (χ1) is 6.27. The summed E-state index contributed by atoms with van der Waals surface area (Å²) in [6, 6.07) is 1.62. The maximum atomic E-state index is 3.81. The largest absolute Gasteiger partial charge is 0.311 e. The Morgan fingerprint density at radius 3 is 2.23 bits per heavy atom. The first kappa shape index (κ1) is 9.51. The van der Waals surface area contributed by atoms with Crippen LogP contribution in [0, 0.1) is 11.8 Å². The molecule has 0 saturated heterocycles. The summed E-state index contributed by atoms with van der Waals surface area (Å²) < 4.78 is 0. The van der Waals surface area contributed by atoms with Gasteiger partial charge in [-0.05, 0) is 44.4 Å². The van der Waals surface area contributed by atoms with Crippen molar-refractivity contribution in [1.82, 2.24) is 5.32 Å². The molecule has 0 bridgehead atoms. The third kappa shape index (κ3) is 2.07. The number of rotatable bonds is 3. The minimum atomic E-state index is 0.773. The third-order valence-corrected chi connectivity index (χ3v) is 4.20. The maximum Gasteiger partial charge on any atom is 0.00954 e. The van der Waals surface area contributed by atoms with E-state index in [2.05, 4.69) is 19.2 Å². The van der Waals surface area contributed by atoms with Crippen molar-refractivity contribution >= 4 is 0 Å². The van der Waals surface area contributed by atoms with Crippen LogP contribution < -0.4 is 5.32 Å². The molecule has 2 saturated carbocycles. The fourth-order valence-corrected chi connectivity index (χ4v) is 2.85. The van der Waals surface area contributed by atoms with Crippen molar-refractivity contribution < 1.29 is 0 Å². The molecule has 0 amide bonds. The number of hydrogen-bond donors (Lipinski definition) is 1. The molecule has 2 unspecified atom stereocenters. The van der Waals surface area contributed by atoms with Crippen molar-refractivity contribution in [2.24, 2.45) is 11.8 Å². The summed E-state index contributed by atoms with van der Waals surface area (Å²) in [5.74, 6) is 1.91. The van der Waals surface area contributed by atoms with Crippen LogP contribution in [-0.4, -0.2) is 12.1 Å². The molecular formula is C12H23N. The Hall–Kier alpha value is -0.0400. The van der Waals surface area contributed by atoms with Crippen molar-refractivity contribution in [3.63, 3.8) is 0 Å². The Morgan fingerprint density at radius 1 is 1.08 bits per heavy atom. The van der Waals surface area contributed by atoms with Crippen LogP contribution in [0.1, 0.15) is 52.4 Å². The van der Waals surface area contributed by atoms with Gasteiger partial charge in [-0.1, -0.05) is 19.8 Å². The number of hydrogen-bond acceptors (Lipinski definition) is 1. The van der Waals surface area contributed by atoms with E-state index in [0.717, 1.165) is 23.9 Å². The molecule has 0 aliphatic heterocycles. The van der Waals surface area contributed by atoms with Gasteiger partial charge in [0.2, 0.25) is 0 Å². The molecular weight excluding hydrogens is 158 g/mol. The zero-order valence-corrected chi connectivity index (χ0v) is 9.05. The van der Waals surface area contributed by atoms with Crippen molar-refractivity contribution in [2.45, 2.75) is 64.5 Å². The molecule has 0 spiro atoms. The highest BCUT2D eigenvalue weighted by molar-refractivity contribution is 4.88. The second-order valence-corrected chi connectivity index (χ2v) is 5.16. The van der Waals surface area contributed by atoms with Crippen LogP contribution in [0.5, 0.6) is 0 Å². The zero-order chi connectivity index (χ0) is 9.26. The van der Waals surface area contributed by atoms with Gasteiger partial charge >= 0.3 is 0 Å². The minimum Gasteiger partial charge on any atom is -0.311 e. The smallest absolute Gasteiger partial charge is 0.00954 e. The minimum absolute atomic E-state index is 0.773. The van der Waals surface area contributed by atoms with E-state index in [9.17, 15) is 0 Å². The van der Waals surface area contributed by atoms with Crippen LogP contribution in [0.2, 0.25) is 0 Å². The molecule has 2 aliphatic carbocycles. The molecule has 2 rings (SSSR count). The Labute approximate surface area is 82.3 Å². The first-order valence-electron chi connectivity index (χ1n) is 6.03. The normalized spacial score (nSPS) is 37.4. The van der Waals surface area contributed by atoms with E-state index in [-0.39, 0.29) is 0 Å². The molecule has 0 radical (unpaired) electrons. The van der Waals surface area contributed by atoms with Gasteiger partial charge in [0.25, 0.3) is 0 Å². The van der Waals surface area contributed by atoms with Crippen molar-refractivity contribution in [3.05, 3.63) is 0 Å². The summed E-state index contributed by atoms with van der Waals surface area (Å²) in [7, 11) is 0. The fraction of sp³-hybridized carbons (Fsp3) is 1.00. The topological polar surface area (TPSA) is 12.0 Å². The van der Waals surface area contributed by atoms with E-state index in [1.54, 1.807) is 0 Å². The van der Waals surface area contributed by atoms with E-state index in [1.807, 2.05) is 0 Å². The highest BCUT2D eigenvalue weighted by Crippen LogP contribution is 2.31. The molecule has 3 atom stereocenters. The molecule has 1 heteroatoms. The average Bonchev–Trinajstić information content (AvgIpc) is 2.64. The van der Waals surface area contributed by atoms with Gasteiger partial charge in [-0.15, -0.1) is 0 Å². The lowest BCUT2D eigenvalue weighted by molar-refractivity contribution is 0.193. The van der Waals surface area contributed by atoms with Gasteiger partial charge in [-0.25, -0.2) is 0 Å². The van der Waals surface area contributed by atoms with E-state index in [0.29, 0.717) is 0 Å². The van der Waals surface area contributed by atoms with Crippen molar-refractivity contribution in [1.29, 1.82) is 0 Å². The van der Waals surface area contributed by atoms with Gasteiger partial charge in [-0.3, -0.25) is 0 Å². The molecule has 0 aromatic heterocycles. The second kappa shape index (κ2) is 4.00. The predicted molar refractivity (Wildman–Crippen MR) is 56.7 cm³/mol. The van der Waals surface area contributed by atoms with Gasteiger partial charge in [-0.2, -0.15) is 0 Å². The monoisotopic (exact) mass is 181 g/mol. The lowest BCUT2D eigenvalue weighted by atomic mass is 9.80. The fourth-order valence-electron chi connectivity index (χ4n) is 2.85. The molecule has 1 N–H and O–H groups in total. The molecule has 0 aromatic carbocycles. The number of nitrogens with one attached hydrogen (secondary N) is 1. The first-order valence-corrected chi connectivity index (χ1v) is 6.03. The van der Waals surface area contributed by atoms with Crippen LogP contribution in [-0.2, 0) is 0 Å². The Balaban J connectivity index is 1.73. The van der Waals surface area contributed by atoms with Crippen LogP contribution in [0.15, 0.2) is 0 Å². The van der Waals surface area contributed by atoms with Crippen molar-refractivity contribution in [2.75, 3.05) is 0 Å². The Bertz CT molecular complexity index is 161. The molecule has 2 aliphatic rings. The summed E-state index contributed by atoms with van der Waals surface area (Å²) >= 11 is 0. The van der Waals surface area contributed by atoms with Crippen LogP contribution in [0.4, 0.5) is 0 Å². The molecule has 76 valence electrons. The third-order valence-electron chi connectivity index (χ3n) is 4.20. The van der Waals surface area contributed by atoms with Crippen LogP contribution in [0.25, 0.3) is 0 Å². The second-order valence-electron chi connectivity index (χ2n) is 5.16. The average molecular weight is 181 g/mol. The lowest BCUT2D eigenvalue weighted by Gasteiger charge is -2.38. The van der Waals surface area contributed by atoms with E-state index < -0.39 is 0 Å². The van der Waals surface area contributed by atoms with E-state index in [4.69, 9.17) is 0 Å². The zero-order valence-electron chi connectivity index (χ0n) is 9.05. The SMILES string of the molecule is CC1CCC1N[C@@H](C)C1CCCC1. The Morgan fingerprint density at radius 2 is 1.77 bits per heavy atom. The highest BCUT2D eigenvalue weighted by atomic mass is 15.0. The standard InChI is InChI=1S/C12H23N/c1-9-7-8-12(9)13-10(2)11-5-3-4-6-11/h9-13H,3-8H2,1-2H3/t9?,10-,12?/m0/s1.